The first-order valence-electron chi connectivity index (χ1n) is 12.7. The van der Waals surface area contributed by atoms with Crippen molar-refractivity contribution < 1.29 is 4.42 Å². The molecular formula is C29H39N4OS+. The highest BCUT2D eigenvalue weighted by Crippen LogP contribution is 2.46. The van der Waals surface area contributed by atoms with Crippen LogP contribution in [0, 0.1) is 0 Å². The molecular weight excluding hydrogens is 452 g/mol. The summed E-state index contributed by atoms with van der Waals surface area (Å²) in [5.74, 6) is 0.906. The normalized spacial score (nSPS) is 14.3. The van der Waals surface area contributed by atoms with E-state index in [1.54, 1.807) is 0 Å². The Hall–Kier alpha value is -2.70. The summed E-state index contributed by atoms with van der Waals surface area (Å²) in [7, 11) is 6.37. The summed E-state index contributed by atoms with van der Waals surface area (Å²) in [6, 6.07) is 17.5. The minimum Gasteiger partial charge on any atom is -0.372 e. The highest BCUT2D eigenvalue weighted by atomic mass is 32.2. The molecule has 4 rings (SSSR count). The molecule has 186 valence electrons. The summed E-state index contributed by atoms with van der Waals surface area (Å²) in [6.07, 6.45) is 3.42. The quantitative estimate of drug-likeness (QED) is 0.287. The fourth-order valence-electron chi connectivity index (χ4n) is 4.63. The van der Waals surface area contributed by atoms with Gasteiger partial charge in [0.25, 0.3) is 0 Å². The van der Waals surface area contributed by atoms with E-state index in [-0.39, 0.29) is 0 Å². The topological polar surface area (TPSA) is 24.3 Å². The van der Waals surface area contributed by atoms with Crippen LogP contribution in [0.5, 0.6) is 0 Å². The minimum atomic E-state index is 0.906. The van der Waals surface area contributed by atoms with Crippen molar-refractivity contribution in [2.75, 3.05) is 68.6 Å². The van der Waals surface area contributed by atoms with Gasteiger partial charge in [0.2, 0.25) is 0 Å². The number of anilines is 3. The van der Waals surface area contributed by atoms with E-state index in [0.29, 0.717) is 0 Å². The lowest BCUT2D eigenvalue weighted by atomic mass is 10.1. The van der Waals surface area contributed by atoms with Crippen LogP contribution < -0.4 is 14.7 Å². The average molecular weight is 492 g/mol. The van der Waals surface area contributed by atoms with Crippen molar-refractivity contribution in [2.45, 2.75) is 32.1 Å². The summed E-state index contributed by atoms with van der Waals surface area (Å²) in [6.45, 7) is 11.5. The summed E-state index contributed by atoms with van der Waals surface area (Å²) >= 11 is 1.85. The van der Waals surface area contributed by atoms with Crippen molar-refractivity contribution in [1.29, 1.82) is 0 Å². The number of benzene rings is 2. The molecule has 2 heterocycles. The maximum atomic E-state index is 6.52. The summed E-state index contributed by atoms with van der Waals surface area (Å²) in [5.41, 5.74) is 4.62. The third-order valence-corrected chi connectivity index (χ3v) is 7.72. The molecule has 0 unspecified atom stereocenters. The van der Waals surface area contributed by atoms with Gasteiger partial charge in [-0.2, -0.15) is 4.42 Å². The Morgan fingerprint density at radius 2 is 1.71 bits per heavy atom. The predicted octanol–water partition coefficient (Wildman–Crippen LogP) is 6.88. The molecule has 0 N–H and O–H groups in total. The van der Waals surface area contributed by atoms with Gasteiger partial charge in [-0.3, -0.25) is 4.90 Å². The van der Waals surface area contributed by atoms with Crippen LogP contribution in [0.3, 0.4) is 0 Å². The first-order chi connectivity index (χ1) is 16.9. The molecule has 35 heavy (non-hydrogen) atoms. The Morgan fingerprint density at radius 1 is 0.943 bits per heavy atom. The minimum absolute atomic E-state index is 0.906. The van der Waals surface area contributed by atoms with Crippen molar-refractivity contribution in [3.05, 3.63) is 59.1 Å². The van der Waals surface area contributed by atoms with Gasteiger partial charge in [-0.25, -0.2) is 0 Å². The fraction of sp³-hybridized carbons (Fsp3) is 0.414. The summed E-state index contributed by atoms with van der Waals surface area (Å²) < 4.78 is 6.52. The summed E-state index contributed by atoms with van der Waals surface area (Å²) in [5, 5.41) is 2.40. The molecule has 0 aliphatic carbocycles. The molecule has 2 aromatic carbocycles. The van der Waals surface area contributed by atoms with Gasteiger partial charge in [0, 0.05) is 49.4 Å². The number of hydrogen-bond acceptors (Lipinski definition) is 5. The van der Waals surface area contributed by atoms with Gasteiger partial charge in [0.15, 0.2) is 0 Å². The lowest BCUT2D eigenvalue weighted by molar-refractivity contribution is 0.400. The fourth-order valence-corrected chi connectivity index (χ4v) is 5.81. The van der Waals surface area contributed by atoms with Crippen LogP contribution in [0.1, 0.15) is 32.8 Å². The molecule has 0 bridgehead atoms. The molecule has 0 spiro atoms. The van der Waals surface area contributed by atoms with E-state index in [1.807, 2.05) is 11.8 Å². The van der Waals surface area contributed by atoms with Gasteiger partial charge in [-0.1, -0.05) is 23.9 Å². The number of thioether (sulfide) groups is 1. The van der Waals surface area contributed by atoms with Gasteiger partial charge >= 0.3 is 11.5 Å². The standard InChI is InChI=1S/C29H39N4OS/c1-7-32(8-2)23-15-16-24-22(20-29-33(9-3)25-13-10-11-14-27(25)35-29)19-28(34-26(24)21-23)31(6)18-12-17-30(4)5/h10-11,13-16,19-21H,7-9,12,17-18H2,1-6H3/q+1/b29-20-. The Balaban J connectivity index is 1.78. The third kappa shape index (κ3) is 5.60. The number of rotatable bonds is 10. The van der Waals surface area contributed by atoms with Crippen LogP contribution in [0.25, 0.3) is 17.0 Å². The second-order valence-corrected chi connectivity index (χ2v) is 10.3. The van der Waals surface area contributed by atoms with Crippen molar-refractivity contribution in [2.24, 2.45) is 0 Å². The highest BCUT2D eigenvalue weighted by Gasteiger charge is 2.26. The molecule has 6 heteroatoms. The molecule has 1 aliphatic heterocycles. The van der Waals surface area contributed by atoms with E-state index in [9.17, 15) is 0 Å². The molecule has 0 saturated heterocycles. The number of fused-ring (bicyclic) bond motifs is 2. The van der Waals surface area contributed by atoms with Crippen LogP contribution in [0.2, 0.25) is 0 Å². The maximum Gasteiger partial charge on any atom is 0.430 e. The zero-order chi connectivity index (χ0) is 24.9. The monoisotopic (exact) mass is 491 g/mol. The van der Waals surface area contributed by atoms with Gasteiger partial charge in [0.1, 0.15) is 0 Å². The zero-order valence-electron chi connectivity index (χ0n) is 22.0. The van der Waals surface area contributed by atoms with Crippen LogP contribution >= 0.6 is 11.8 Å². The van der Waals surface area contributed by atoms with Gasteiger partial charge < -0.3 is 14.7 Å². The van der Waals surface area contributed by atoms with Crippen LogP contribution in [-0.4, -0.2) is 58.8 Å². The van der Waals surface area contributed by atoms with E-state index in [1.165, 1.54) is 26.9 Å². The number of nitrogens with zero attached hydrogens (tertiary/aromatic N) is 4. The van der Waals surface area contributed by atoms with Gasteiger partial charge in [-0.15, -0.1) is 0 Å². The van der Waals surface area contributed by atoms with Crippen molar-refractivity contribution in [1.82, 2.24) is 4.90 Å². The number of para-hydroxylation sites is 1. The largest absolute Gasteiger partial charge is 0.430 e. The lowest BCUT2D eigenvalue weighted by Gasteiger charge is -2.20. The van der Waals surface area contributed by atoms with Crippen LogP contribution in [-0.2, 0) is 0 Å². The Bertz CT molecular complexity index is 1190. The smallest absolute Gasteiger partial charge is 0.372 e. The van der Waals surface area contributed by atoms with Gasteiger partial charge in [-0.05, 0) is 78.2 Å². The second kappa shape index (κ2) is 11.4. The Labute approximate surface area is 215 Å². The number of hydrogen-bond donors (Lipinski definition) is 0. The van der Waals surface area contributed by atoms with Gasteiger partial charge in [0.05, 0.1) is 28.2 Å². The average Bonchev–Trinajstić information content (AvgIpc) is 3.21. The summed E-state index contributed by atoms with van der Waals surface area (Å²) in [4.78, 5) is 10.5. The van der Waals surface area contributed by atoms with Crippen LogP contribution in [0.4, 0.5) is 17.3 Å². The molecule has 0 radical (unpaired) electrons. The Morgan fingerprint density at radius 3 is 2.43 bits per heavy atom. The predicted molar refractivity (Wildman–Crippen MR) is 154 cm³/mol. The van der Waals surface area contributed by atoms with Crippen LogP contribution in [0.15, 0.2) is 62.9 Å². The molecule has 1 aromatic heterocycles. The van der Waals surface area contributed by atoms with Crippen molar-refractivity contribution >= 4 is 46.1 Å². The molecule has 0 fully saturated rings. The third-order valence-electron chi connectivity index (χ3n) is 6.61. The van der Waals surface area contributed by atoms with Crippen molar-refractivity contribution in [3.8, 4) is 0 Å². The van der Waals surface area contributed by atoms with E-state index in [4.69, 9.17) is 4.42 Å². The Kier molecular flexibility index (Phi) is 8.24. The van der Waals surface area contributed by atoms with Crippen molar-refractivity contribution in [3.63, 3.8) is 0 Å². The van der Waals surface area contributed by atoms with E-state index in [2.05, 4.69) is 116 Å². The molecule has 5 nitrogen and oxygen atoms in total. The highest BCUT2D eigenvalue weighted by molar-refractivity contribution is 8.03. The van der Waals surface area contributed by atoms with E-state index in [0.717, 1.165) is 56.0 Å². The molecule has 0 atom stereocenters. The SMILES string of the molecule is CCN(CC)c1ccc2c(/C=C3\Sc4ccccc4N3CC)cc(N(C)CCCN(C)C)[o+]c2c1. The molecule has 3 aromatic rings. The first kappa shape index (κ1) is 25.4. The zero-order valence-corrected chi connectivity index (χ0v) is 22.9. The molecule has 0 saturated carbocycles. The maximum absolute atomic E-state index is 6.52. The first-order valence-corrected chi connectivity index (χ1v) is 13.5. The van der Waals surface area contributed by atoms with E-state index < -0.39 is 0 Å². The molecule has 1 aliphatic rings. The van der Waals surface area contributed by atoms with E-state index >= 15 is 0 Å². The lowest BCUT2D eigenvalue weighted by Crippen LogP contribution is -2.23. The molecule has 0 amide bonds. The second-order valence-electron chi connectivity index (χ2n) is 9.27.